The predicted octanol–water partition coefficient (Wildman–Crippen LogP) is 4.23. The number of halogens is 3. The quantitative estimate of drug-likeness (QED) is 0.319. The molecule has 0 aliphatic carbocycles. The number of amides is 2. The van der Waals surface area contributed by atoms with E-state index >= 15 is 0 Å². The average Bonchev–Trinajstić information content (AvgIpc) is 3.63. The normalized spacial score (nSPS) is 17.4. The average molecular weight is 554 g/mol. The molecule has 1 aliphatic heterocycles. The maximum absolute atomic E-state index is 14.1. The standard InChI is InChI=1S/C28H30F3N7O2/c1-17-26(19-13-32-36(2)14-19)35-38(20-7-5-4-6-8-20)27(17)34-28(39)33-24-16-37(9-10-40-3)15-21(24)18-11-22(29)25(31)23(30)12-18/h4-8,11-14,21,24H,9-10,15-16H2,1-3H3,(H2,33,34,39). The molecule has 3 heterocycles. The van der Waals surface area contributed by atoms with E-state index in [0.29, 0.717) is 37.8 Å². The molecule has 5 rings (SSSR count). The van der Waals surface area contributed by atoms with Crippen molar-refractivity contribution in [3.63, 3.8) is 0 Å². The van der Waals surface area contributed by atoms with E-state index in [4.69, 9.17) is 9.84 Å². The monoisotopic (exact) mass is 553 g/mol. The highest BCUT2D eigenvalue weighted by atomic mass is 19.2. The number of nitrogens with one attached hydrogen (secondary N) is 2. The SMILES string of the molecule is COCCN1CC(NC(=O)Nc2c(C)c(-c3cnn(C)c3)nn2-c2ccccc2)C(c2cc(F)c(F)c(F)c2)C1. The number of likely N-dealkylation sites (tertiary alicyclic amines) is 1. The van der Waals surface area contributed by atoms with Crippen molar-refractivity contribution < 1.29 is 22.7 Å². The summed E-state index contributed by atoms with van der Waals surface area (Å²) in [6.07, 6.45) is 3.54. The first-order chi connectivity index (χ1) is 19.2. The van der Waals surface area contributed by atoms with Crippen LogP contribution in [0, 0.1) is 24.4 Å². The fraction of sp³-hybridized carbons (Fsp3) is 0.321. The molecule has 1 fully saturated rings. The highest BCUT2D eigenvalue weighted by molar-refractivity contribution is 5.91. The number of hydrogen-bond donors (Lipinski definition) is 2. The van der Waals surface area contributed by atoms with Gasteiger partial charge in [-0.3, -0.25) is 14.9 Å². The highest BCUT2D eigenvalue weighted by Gasteiger charge is 2.36. The van der Waals surface area contributed by atoms with E-state index in [-0.39, 0.29) is 5.56 Å². The van der Waals surface area contributed by atoms with Crippen molar-refractivity contribution in [3.05, 3.63) is 83.4 Å². The van der Waals surface area contributed by atoms with Gasteiger partial charge in [-0.1, -0.05) is 18.2 Å². The molecule has 9 nitrogen and oxygen atoms in total. The van der Waals surface area contributed by atoms with Gasteiger partial charge in [0, 0.05) is 57.0 Å². The van der Waals surface area contributed by atoms with Gasteiger partial charge in [0.2, 0.25) is 0 Å². The lowest BCUT2D eigenvalue weighted by Crippen LogP contribution is -2.42. The van der Waals surface area contributed by atoms with E-state index in [1.807, 2.05) is 55.4 Å². The van der Waals surface area contributed by atoms with Crippen LogP contribution in [0.25, 0.3) is 16.9 Å². The Kier molecular flexibility index (Phi) is 7.90. The van der Waals surface area contributed by atoms with Gasteiger partial charge in [0.25, 0.3) is 0 Å². The number of aryl methyl sites for hydroxylation is 1. The van der Waals surface area contributed by atoms with E-state index in [0.717, 1.165) is 28.9 Å². The Morgan fingerprint density at radius 3 is 2.50 bits per heavy atom. The first-order valence-corrected chi connectivity index (χ1v) is 12.8. The fourth-order valence-electron chi connectivity index (χ4n) is 5.09. The number of hydrogen-bond acceptors (Lipinski definition) is 5. The van der Waals surface area contributed by atoms with Crippen molar-refractivity contribution in [2.24, 2.45) is 7.05 Å². The van der Waals surface area contributed by atoms with E-state index in [1.165, 1.54) is 0 Å². The summed E-state index contributed by atoms with van der Waals surface area (Å²) in [6, 6.07) is 10.4. The Morgan fingerprint density at radius 2 is 1.85 bits per heavy atom. The van der Waals surface area contributed by atoms with Gasteiger partial charge < -0.3 is 10.1 Å². The van der Waals surface area contributed by atoms with Crippen LogP contribution in [-0.2, 0) is 11.8 Å². The number of carbonyl (C=O) groups is 1. The lowest BCUT2D eigenvalue weighted by Gasteiger charge is -2.21. The molecule has 0 spiro atoms. The maximum atomic E-state index is 14.1. The van der Waals surface area contributed by atoms with Crippen LogP contribution in [0.2, 0.25) is 0 Å². The molecule has 1 aliphatic rings. The van der Waals surface area contributed by atoms with Crippen molar-refractivity contribution in [1.29, 1.82) is 0 Å². The van der Waals surface area contributed by atoms with Crippen molar-refractivity contribution in [3.8, 4) is 16.9 Å². The molecule has 0 radical (unpaired) electrons. The minimum absolute atomic E-state index is 0.269. The Bertz CT molecular complexity index is 1480. The molecule has 1 saturated heterocycles. The molecule has 2 aromatic carbocycles. The largest absolute Gasteiger partial charge is 0.383 e. The highest BCUT2D eigenvalue weighted by Crippen LogP contribution is 2.32. The number of rotatable bonds is 8. The number of methoxy groups -OCH3 is 1. The summed E-state index contributed by atoms with van der Waals surface area (Å²) in [5, 5.41) is 14.9. The van der Waals surface area contributed by atoms with Crippen molar-refractivity contribution in [2.45, 2.75) is 18.9 Å². The third kappa shape index (κ3) is 5.58. The van der Waals surface area contributed by atoms with Crippen molar-refractivity contribution in [2.75, 3.05) is 38.7 Å². The van der Waals surface area contributed by atoms with Gasteiger partial charge in [0.15, 0.2) is 17.5 Å². The Hall–Kier alpha value is -4.16. The fourth-order valence-corrected chi connectivity index (χ4v) is 5.09. The van der Waals surface area contributed by atoms with E-state index in [1.54, 1.807) is 22.7 Å². The summed E-state index contributed by atoms with van der Waals surface area (Å²) in [6.45, 7) is 3.70. The second kappa shape index (κ2) is 11.5. The number of carbonyl (C=O) groups excluding carboxylic acids is 1. The minimum Gasteiger partial charge on any atom is -0.383 e. The molecule has 2 atom stereocenters. The molecule has 2 amide bonds. The number of anilines is 1. The lowest BCUT2D eigenvalue weighted by atomic mass is 9.94. The Morgan fingerprint density at radius 1 is 1.12 bits per heavy atom. The molecular weight excluding hydrogens is 523 g/mol. The maximum Gasteiger partial charge on any atom is 0.320 e. The lowest BCUT2D eigenvalue weighted by molar-refractivity contribution is 0.159. The summed E-state index contributed by atoms with van der Waals surface area (Å²) in [5.74, 6) is -4.06. The number of nitrogens with zero attached hydrogens (tertiary/aromatic N) is 5. The van der Waals surface area contributed by atoms with Gasteiger partial charge >= 0.3 is 6.03 Å². The van der Waals surface area contributed by atoms with Crippen molar-refractivity contribution in [1.82, 2.24) is 29.8 Å². The molecule has 0 saturated carbocycles. The zero-order chi connectivity index (χ0) is 28.4. The second-order valence-corrected chi connectivity index (χ2v) is 9.83. The van der Waals surface area contributed by atoms with Crippen LogP contribution in [0.15, 0.2) is 54.9 Å². The third-order valence-electron chi connectivity index (χ3n) is 7.09. The molecular formula is C28H30F3N7O2. The Balaban J connectivity index is 1.43. The number of para-hydroxylation sites is 1. The molecule has 4 aromatic rings. The predicted molar refractivity (Wildman–Crippen MR) is 144 cm³/mol. The van der Waals surface area contributed by atoms with E-state index in [2.05, 4.69) is 15.7 Å². The van der Waals surface area contributed by atoms with Gasteiger partial charge in [-0.25, -0.2) is 22.6 Å². The number of benzene rings is 2. The number of aromatic nitrogens is 4. The molecule has 2 aromatic heterocycles. The number of ether oxygens (including phenoxy) is 1. The molecule has 40 heavy (non-hydrogen) atoms. The van der Waals surface area contributed by atoms with Gasteiger partial charge in [-0.2, -0.15) is 10.2 Å². The van der Waals surface area contributed by atoms with Crippen LogP contribution in [0.3, 0.4) is 0 Å². The second-order valence-electron chi connectivity index (χ2n) is 9.83. The van der Waals surface area contributed by atoms with Gasteiger partial charge in [-0.15, -0.1) is 0 Å². The summed E-state index contributed by atoms with van der Waals surface area (Å²) in [4.78, 5) is 15.4. The molecule has 0 bridgehead atoms. The Labute approximate surface area is 229 Å². The molecule has 12 heteroatoms. The third-order valence-corrected chi connectivity index (χ3v) is 7.09. The molecule has 2 N–H and O–H groups in total. The molecule has 210 valence electrons. The minimum atomic E-state index is -1.52. The first-order valence-electron chi connectivity index (χ1n) is 12.8. The molecule has 2 unspecified atom stereocenters. The summed E-state index contributed by atoms with van der Waals surface area (Å²) in [7, 11) is 3.39. The zero-order valence-electron chi connectivity index (χ0n) is 22.4. The number of urea groups is 1. The van der Waals surface area contributed by atoms with E-state index in [9.17, 15) is 18.0 Å². The van der Waals surface area contributed by atoms with Crippen molar-refractivity contribution >= 4 is 11.8 Å². The summed E-state index contributed by atoms with van der Waals surface area (Å²) in [5.41, 5.74) is 3.21. The van der Waals surface area contributed by atoms with E-state index < -0.39 is 35.4 Å². The topological polar surface area (TPSA) is 89.2 Å². The van der Waals surface area contributed by atoms with Gasteiger partial charge in [-0.05, 0) is 36.8 Å². The van der Waals surface area contributed by atoms with Crippen LogP contribution in [-0.4, -0.2) is 69.9 Å². The van der Waals surface area contributed by atoms with Crippen LogP contribution >= 0.6 is 0 Å². The van der Waals surface area contributed by atoms with Crippen LogP contribution < -0.4 is 10.6 Å². The van der Waals surface area contributed by atoms with Crippen LogP contribution in [0.1, 0.15) is 17.0 Å². The summed E-state index contributed by atoms with van der Waals surface area (Å²) < 4.78 is 50.4. The van der Waals surface area contributed by atoms with Crippen LogP contribution in [0.4, 0.5) is 23.8 Å². The first kappa shape index (κ1) is 27.4. The van der Waals surface area contributed by atoms with Crippen LogP contribution in [0.5, 0.6) is 0 Å². The zero-order valence-corrected chi connectivity index (χ0v) is 22.4. The van der Waals surface area contributed by atoms with Gasteiger partial charge in [0.1, 0.15) is 11.5 Å². The summed E-state index contributed by atoms with van der Waals surface area (Å²) >= 11 is 0. The van der Waals surface area contributed by atoms with Gasteiger partial charge in [0.05, 0.1) is 24.5 Å². The smallest absolute Gasteiger partial charge is 0.320 e.